The van der Waals surface area contributed by atoms with Gasteiger partial charge in [-0.3, -0.25) is 9.59 Å². The number of sulfone groups is 1. The van der Waals surface area contributed by atoms with Gasteiger partial charge in [-0.1, -0.05) is 48.5 Å². The molecule has 0 aromatic heterocycles. The summed E-state index contributed by atoms with van der Waals surface area (Å²) in [6, 6.07) is 21.3. The lowest BCUT2D eigenvalue weighted by Crippen LogP contribution is -2.30. The van der Waals surface area contributed by atoms with Crippen molar-refractivity contribution in [2.45, 2.75) is 10.6 Å². The number of imide groups is 1. The van der Waals surface area contributed by atoms with Gasteiger partial charge in [-0.05, 0) is 35.9 Å². The van der Waals surface area contributed by atoms with E-state index in [0.29, 0.717) is 22.4 Å². The first-order valence-electron chi connectivity index (χ1n) is 8.32. The molecule has 1 aliphatic rings. The number of hydrogen-bond acceptors (Lipinski definition) is 4. The monoisotopic (exact) mass is 377 g/mol. The molecule has 134 valence electrons. The summed E-state index contributed by atoms with van der Waals surface area (Å²) in [6.45, 7) is 0. The summed E-state index contributed by atoms with van der Waals surface area (Å²) >= 11 is 0. The number of nitrogens with zero attached hydrogens (tertiary/aromatic N) is 1. The van der Waals surface area contributed by atoms with Crippen LogP contribution in [-0.4, -0.2) is 20.2 Å². The van der Waals surface area contributed by atoms with E-state index in [4.69, 9.17) is 0 Å². The Bertz CT molecular complexity index is 1120. The van der Waals surface area contributed by atoms with Crippen LogP contribution in [0.5, 0.6) is 0 Å². The second-order valence-corrected chi connectivity index (χ2v) is 8.18. The highest BCUT2D eigenvalue weighted by atomic mass is 32.2. The molecule has 3 aromatic carbocycles. The first-order chi connectivity index (χ1) is 13.0. The first-order valence-corrected chi connectivity index (χ1v) is 9.98. The number of anilines is 1. The van der Waals surface area contributed by atoms with Gasteiger partial charge < -0.3 is 0 Å². The number of para-hydroxylation sites is 1. The largest absolute Gasteiger partial charge is 0.268 e. The third-order valence-corrected chi connectivity index (χ3v) is 6.16. The number of benzene rings is 3. The van der Waals surface area contributed by atoms with Crippen LogP contribution >= 0.6 is 0 Å². The Morgan fingerprint density at radius 1 is 0.667 bits per heavy atom. The van der Waals surface area contributed by atoms with Crippen LogP contribution in [0, 0.1) is 0 Å². The van der Waals surface area contributed by atoms with Crippen molar-refractivity contribution in [2.24, 2.45) is 0 Å². The van der Waals surface area contributed by atoms with E-state index in [2.05, 4.69) is 0 Å². The smallest absolute Gasteiger partial charge is 0.266 e. The van der Waals surface area contributed by atoms with Crippen LogP contribution in [0.2, 0.25) is 0 Å². The lowest BCUT2D eigenvalue weighted by molar-refractivity contribution is 0.0926. The Hall–Kier alpha value is -3.25. The van der Waals surface area contributed by atoms with E-state index in [9.17, 15) is 18.0 Å². The van der Waals surface area contributed by atoms with Crippen LogP contribution < -0.4 is 4.90 Å². The molecule has 2 amide bonds. The molecule has 0 aliphatic carbocycles. The molecule has 5 nitrogen and oxygen atoms in total. The predicted octanol–water partition coefficient (Wildman–Crippen LogP) is 3.46. The second kappa shape index (κ2) is 6.48. The molecular weight excluding hydrogens is 362 g/mol. The van der Waals surface area contributed by atoms with Gasteiger partial charge in [-0.15, -0.1) is 0 Å². The minimum atomic E-state index is -3.62. The first kappa shape index (κ1) is 17.2. The molecule has 1 heterocycles. The Morgan fingerprint density at radius 2 is 1.19 bits per heavy atom. The zero-order chi connectivity index (χ0) is 19.0. The van der Waals surface area contributed by atoms with Crippen molar-refractivity contribution in [3.05, 3.63) is 95.6 Å². The Morgan fingerprint density at radius 3 is 1.81 bits per heavy atom. The molecule has 27 heavy (non-hydrogen) atoms. The van der Waals surface area contributed by atoms with Gasteiger partial charge in [0.25, 0.3) is 11.8 Å². The van der Waals surface area contributed by atoms with Crippen molar-refractivity contribution >= 4 is 27.3 Å². The van der Waals surface area contributed by atoms with Crippen molar-refractivity contribution in [2.75, 3.05) is 4.90 Å². The molecule has 6 heteroatoms. The highest BCUT2D eigenvalue weighted by Gasteiger charge is 2.37. The summed E-state index contributed by atoms with van der Waals surface area (Å²) in [5.41, 5.74) is 1.34. The van der Waals surface area contributed by atoms with Gasteiger partial charge in [0.15, 0.2) is 9.84 Å². The summed E-state index contributed by atoms with van der Waals surface area (Å²) in [5.74, 6) is -1.19. The molecular formula is C21H15NO4S. The number of hydrogen-bond donors (Lipinski definition) is 0. The highest BCUT2D eigenvalue weighted by molar-refractivity contribution is 7.90. The molecule has 0 atom stereocenters. The standard InChI is InChI=1S/C21H15NO4S/c23-20-17-11-5-6-12-18(17)21(24)22(20)19-13-7-4-8-15(19)14-27(25,26)16-9-2-1-3-10-16/h1-13H,14H2. The van der Waals surface area contributed by atoms with Gasteiger partial charge in [0.1, 0.15) is 0 Å². The number of carbonyl (C=O) groups excluding carboxylic acids is 2. The number of rotatable bonds is 4. The van der Waals surface area contributed by atoms with Gasteiger partial charge in [0, 0.05) is 0 Å². The molecule has 0 saturated heterocycles. The van der Waals surface area contributed by atoms with Crippen molar-refractivity contribution in [1.82, 2.24) is 0 Å². The Labute approximate surface area is 156 Å². The van der Waals surface area contributed by atoms with Gasteiger partial charge in [0.2, 0.25) is 0 Å². The van der Waals surface area contributed by atoms with Crippen molar-refractivity contribution < 1.29 is 18.0 Å². The zero-order valence-corrected chi connectivity index (χ0v) is 15.0. The van der Waals surface area contributed by atoms with E-state index in [1.165, 1.54) is 12.1 Å². The fourth-order valence-corrected chi connectivity index (χ4v) is 4.57. The molecule has 0 spiro atoms. The van der Waals surface area contributed by atoms with E-state index >= 15 is 0 Å². The van der Waals surface area contributed by atoms with Crippen LogP contribution in [0.3, 0.4) is 0 Å². The summed E-state index contributed by atoms with van der Waals surface area (Å²) in [7, 11) is -3.62. The Balaban J connectivity index is 1.76. The molecule has 0 bridgehead atoms. The zero-order valence-electron chi connectivity index (χ0n) is 14.2. The molecule has 0 radical (unpaired) electrons. The fourth-order valence-electron chi connectivity index (χ4n) is 3.17. The summed E-state index contributed by atoms with van der Waals surface area (Å²) in [5, 5.41) is 0. The lowest BCUT2D eigenvalue weighted by atomic mass is 10.1. The maximum atomic E-state index is 12.8. The van der Waals surface area contributed by atoms with Crippen molar-refractivity contribution in [3.8, 4) is 0 Å². The van der Waals surface area contributed by atoms with Gasteiger partial charge in [0.05, 0.1) is 27.5 Å². The van der Waals surface area contributed by atoms with Crippen molar-refractivity contribution in [1.29, 1.82) is 0 Å². The molecule has 0 unspecified atom stereocenters. The summed E-state index contributed by atoms with van der Waals surface area (Å²) in [4.78, 5) is 26.8. The third-order valence-electron chi connectivity index (χ3n) is 4.47. The van der Waals surface area contributed by atoms with E-state index in [1.54, 1.807) is 66.7 Å². The summed E-state index contributed by atoms with van der Waals surface area (Å²) < 4.78 is 25.5. The van der Waals surface area contributed by atoms with Crippen LogP contribution in [-0.2, 0) is 15.6 Å². The van der Waals surface area contributed by atoms with Crippen LogP contribution in [0.15, 0.2) is 83.8 Å². The van der Waals surface area contributed by atoms with Gasteiger partial charge >= 0.3 is 0 Å². The minimum absolute atomic E-state index is 0.196. The average molecular weight is 377 g/mol. The maximum absolute atomic E-state index is 12.8. The Kier molecular flexibility index (Phi) is 4.12. The molecule has 0 N–H and O–H groups in total. The number of amides is 2. The van der Waals surface area contributed by atoms with Crippen LogP contribution in [0.4, 0.5) is 5.69 Å². The average Bonchev–Trinajstić information content (AvgIpc) is 2.94. The molecule has 0 saturated carbocycles. The normalized spacial score (nSPS) is 13.7. The second-order valence-electron chi connectivity index (χ2n) is 6.19. The van der Waals surface area contributed by atoms with Crippen LogP contribution in [0.1, 0.15) is 26.3 Å². The van der Waals surface area contributed by atoms with E-state index in [0.717, 1.165) is 4.90 Å². The molecule has 0 fully saturated rings. The highest BCUT2D eigenvalue weighted by Crippen LogP contribution is 2.32. The molecule has 4 rings (SSSR count). The van der Waals surface area contributed by atoms with E-state index < -0.39 is 21.7 Å². The van der Waals surface area contributed by atoms with Crippen molar-refractivity contribution in [3.63, 3.8) is 0 Å². The van der Waals surface area contributed by atoms with Gasteiger partial charge in [-0.2, -0.15) is 0 Å². The molecule has 1 aliphatic heterocycles. The SMILES string of the molecule is O=C1c2ccccc2C(=O)N1c1ccccc1CS(=O)(=O)c1ccccc1. The number of carbonyl (C=O) groups is 2. The lowest BCUT2D eigenvalue weighted by Gasteiger charge is -2.18. The topological polar surface area (TPSA) is 71.5 Å². The molecule has 3 aromatic rings. The van der Waals surface area contributed by atoms with Gasteiger partial charge in [-0.25, -0.2) is 13.3 Å². The van der Waals surface area contributed by atoms with E-state index in [-0.39, 0.29) is 10.6 Å². The van der Waals surface area contributed by atoms with Crippen LogP contribution in [0.25, 0.3) is 0 Å². The fraction of sp³-hybridized carbons (Fsp3) is 0.0476. The maximum Gasteiger partial charge on any atom is 0.266 e. The number of fused-ring (bicyclic) bond motifs is 1. The van der Waals surface area contributed by atoms with E-state index in [1.807, 2.05) is 0 Å². The summed E-state index contributed by atoms with van der Waals surface area (Å²) in [6.07, 6.45) is 0. The quantitative estimate of drug-likeness (QED) is 0.653. The predicted molar refractivity (Wildman–Crippen MR) is 101 cm³/mol. The minimum Gasteiger partial charge on any atom is -0.268 e. The third kappa shape index (κ3) is 2.94.